The van der Waals surface area contributed by atoms with E-state index in [4.69, 9.17) is 11.6 Å². The SMILES string of the molecule is CC1=CCC[C@@]2(C)[C@@H](CC[C@@]2(O)CN(Cc2ccccc2)C(=O)N[C@H](C)c2ccccc2)c2ccc(cc2C(=O)Cc2c(F)cccc2Cl)C[C@@H](O)CC1. The Labute approximate surface area is 324 Å². The summed E-state index contributed by atoms with van der Waals surface area (Å²) in [7, 11) is 0. The number of carbonyl (C=O) groups excluding carboxylic acids is 2. The summed E-state index contributed by atoms with van der Waals surface area (Å²) in [5, 5.41) is 27.4. The molecule has 7 rings (SSSR count). The second-order valence-corrected chi connectivity index (χ2v) is 16.1. The van der Waals surface area contributed by atoms with Crippen LogP contribution in [0, 0.1) is 11.2 Å². The van der Waals surface area contributed by atoms with Gasteiger partial charge in [0.25, 0.3) is 0 Å². The molecule has 2 amide bonds. The highest BCUT2D eigenvalue weighted by Crippen LogP contribution is 2.59. The molecule has 2 bridgehead atoms. The van der Waals surface area contributed by atoms with Crippen molar-refractivity contribution in [2.45, 2.75) is 102 Å². The van der Waals surface area contributed by atoms with Crippen LogP contribution in [0.15, 0.2) is 109 Å². The molecule has 0 unspecified atom stereocenters. The molecule has 284 valence electrons. The quantitative estimate of drug-likeness (QED) is 0.117. The second kappa shape index (κ2) is 17.0. The molecular formula is C46H52ClFN2O4. The Kier molecular flexibility index (Phi) is 12.4. The Balaban J connectivity index is 1.40. The average Bonchev–Trinajstić information content (AvgIpc) is 3.41. The minimum Gasteiger partial charge on any atom is -0.393 e. The number of carbonyl (C=O) groups is 2. The van der Waals surface area contributed by atoms with Gasteiger partial charge < -0.3 is 20.4 Å². The molecule has 5 atom stereocenters. The Hall–Kier alpha value is -4.30. The van der Waals surface area contributed by atoms with E-state index in [1.165, 1.54) is 17.7 Å². The number of allylic oxidation sites excluding steroid dienone is 2. The fourth-order valence-corrected chi connectivity index (χ4v) is 8.85. The summed E-state index contributed by atoms with van der Waals surface area (Å²) in [6.07, 6.45) is 5.36. The van der Waals surface area contributed by atoms with Crippen LogP contribution in [0.5, 0.6) is 0 Å². The summed E-state index contributed by atoms with van der Waals surface area (Å²) >= 11 is 6.40. The van der Waals surface area contributed by atoms with Crippen LogP contribution in [-0.2, 0) is 19.4 Å². The highest BCUT2D eigenvalue weighted by Gasteiger charge is 2.57. The number of nitrogens with zero attached hydrogens (tertiary/aromatic N) is 1. The van der Waals surface area contributed by atoms with Crippen LogP contribution >= 0.6 is 11.6 Å². The Bertz CT molecular complexity index is 1950. The molecule has 4 aromatic rings. The summed E-state index contributed by atoms with van der Waals surface area (Å²) in [5.41, 5.74) is 3.25. The van der Waals surface area contributed by atoms with E-state index in [1.807, 2.05) is 85.8 Å². The zero-order valence-corrected chi connectivity index (χ0v) is 32.3. The number of Topliss-reactive ketones (excluding diaryl/α,β-unsaturated/α-hetero) is 1. The third kappa shape index (κ3) is 8.80. The first kappa shape index (κ1) is 39.4. The molecule has 0 heterocycles. The molecule has 4 aromatic carbocycles. The number of amides is 2. The number of fused-ring (bicyclic) bond motifs is 8. The van der Waals surface area contributed by atoms with Crippen molar-refractivity contribution in [3.63, 3.8) is 0 Å². The Morgan fingerprint density at radius 1 is 0.981 bits per heavy atom. The van der Waals surface area contributed by atoms with E-state index < -0.39 is 22.9 Å². The van der Waals surface area contributed by atoms with E-state index in [-0.39, 0.29) is 47.3 Å². The van der Waals surface area contributed by atoms with Gasteiger partial charge in [-0.1, -0.05) is 109 Å². The molecule has 3 aliphatic carbocycles. The standard InChI is InChI=1S/C46H52ClFN2O4/c1-31-12-11-24-45(3)40(37-22-20-34(26-36(51)21-19-31)27-38(37)43(52)28-39-41(47)17-10-18-42(39)48)23-25-46(45,54)30-50(29-33-13-6-4-7-14-33)44(53)49-32(2)35-15-8-5-9-16-35/h4-10,12-18,20,22,27,32,36,40,51,54H,11,19,21,23-26,28-30H2,1-3H3,(H,49,53)/t32-,36+,40+,45+,46-/m1/s1. The van der Waals surface area contributed by atoms with Crippen molar-refractivity contribution in [2.75, 3.05) is 6.54 Å². The van der Waals surface area contributed by atoms with Crippen molar-refractivity contribution < 1.29 is 24.2 Å². The average molecular weight is 751 g/mol. The minimum absolute atomic E-state index is 0.0866. The van der Waals surface area contributed by atoms with Crippen LogP contribution < -0.4 is 5.32 Å². The van der Waals surface area contributed by atoms with Gasteiger partial charge in [-0.25, -0.2) is 9.18 Å². The second-order valence-electron chi connectivity index (χ2n) is 15.7. The van der Waals surface area contributed by atoms with Crippen molar-refractivity contribution in [2.24, 2.45) is 5.41 Å². The lowest BCUT2D eigenvalue weighted by Crippen LogP contribution is -2.55. The van der Waals surface area contributed by atoms with Gasteiger partial charge in [-0.15, -0.1) is 0 Å². The van der Waals surface area contributed by atoms with Crippen molar-refractivity contribution >= 4 is 23.4 Å². The lowest BCUT2D eigenvalue weighted by Gasteiger charge is -2.46. The fourth-order valence-electron chi connectivity index (χ4n) is 8.62. The number of nitrogens with one attached hydrogen (secondary N) is 1. The van der Waals surface area contributed by atoms with Gasteiger partial charge in [0.1, 0.15) is 5.82 Å². The van der Waals surface area contributed by atoms with E-state index >= 15 is 4.39 Å². The molecule has 0 saturated heterocycles. The van der Waals surface area contributed by atoms with Gasteiger partial charge in [0.2, 0.25) is 0 Å². The monoisotopic (exact) mass is 750 g/mol. The Morgan fingerprint density at radius 3 is 2.43 bits per heavy atom. The van der Waals surface area contributed by atoms with Crippen molar-refractivity contribution in [3.8, 4) is 0 Å². The smallest absolute Gasteiger partial charge is 0.318 e. The summed E-state index contributed by atoms with van der Waals surface area (Å²) in [4.78, 5) is 30.3. The molecule has 1 fully saturated rings. The number of hydrogen-bond acceptors (Lipinski definition) is 4. The van der Waals surface area contributed by atoms with Crippen LogP contribution in [0.25, 0.3) is 0 Å². The molecular weight excluding hydrogens is 699 g/mol. The number of aliphatic hydroxyl groups is 2. The highest BCUT2D eigenvalue weighted by molar-refractivity contribution is 6.31. The lowest BCUT2D eigenvalue weighted by atomic mass is 9.64. The first-order valence-corrected chi connectivity index (χ1v) is 19.5. The van der Waals surface area contributed by atoms with Crippen molar-refractivity contribution in [3.05, 3.63) is 153 Å². The van der Waals surface area contributed by atoms with Crippen molar-refractivity contribution in [1.29, 1.82) is 0 Å². The third-order valence-electron chi connectivity index (χ3n) is 12.0. The van der Waals surface area contributed by atoms with E-state index in [9.17, 15) is 19.8 Å². The van der Waals surface area contributed by atoms with Gasteiger partial charge in [-0.2, -0.15) is 0 Å². The third-order valence-corrected chi connectivity index (χ3v) is 12.3. The van der Waals surface area contributed by atoms with E-state index in [0.29, 0.717) is 50.6 Å². The van der Waals surface area contributed by atoms with Gasteiger partial charge in [0, 0.05) is 34.5 Å². The molecule has 0 aromatic heterocycles. The predicted octanol–water partition coefficient (Wildman–Crippen LogP) is 9.92. The van der Waals surface area contributed by atoms with Gasteiger partial charge in [0.05, 0.1) is 24.3 Å². The van der Waals surface area contributed by atoms with E-state index in [2.05, 4.69) is 25.2 Å². The van der Waals surface area contributed by atoms with Crippen molar-refractivity contribution in [1.82, 2.24) is 10.2 Å². The molecule has 3 N–H and O–H groups in total. The zero-order chi connectivity index (χ0) is 38.5. The molecule has 8 heteroatoms. The van der Waals surface area contributed by atoms with Gasteiger partial charge in [-0.3, -0.25) is 4.79 Å². The maximum atomic E-state index is 15.0. The molecule has 1 saturated carbocycles. The fraction of sp³-hybridized carbons (Fsp3) is 0.391. The van der Waals surface area contributed by atoms with Crippen LogP contribution in [0.4, 0.5) is 9.18 Å². The summed E-state index contributed by atoms with van der Waals surface area (Å²) in [6.45, 7) is 6.53. The number of hydrogen-bond donors (Lipinski definition) is 3. The van der Waals surface area contributed by atoms with Crippen LogP contribution in [0.3, 0.4) is 0 Å². The predicted molar refractivity (Wildman–Crippen MR) is 213 cm³/mol. The lowest BCUT2D eigenvalue weighted by molar-refractivity contribution is -0.0781. The summed E-state index contributed by atoms with van der Waals surface area (Å²) in [6, 6.07) is 29.3. The maximum absolute atomic E-state index is 15.0. The molecule has 3 aliphatic rings. The number of aliphatic hydroxyl groups excluding tert-OH is 1. The molecule has 0 spiro atoms. The zero-order valence-electron chi connectivity index (χ0n) is 31.5. The number of ketones is 1. The number of rotatable bonds is 9. The number of urea groups is 1. The highest BCUT2D eigenvalue weighted by atomic mass is 35.5. The van der Waals surface area contributed by atoms with Crippen LogP contribution in [-0.4, -0.2) is 45.2 Å². The first-order valence-electron chi connectivity index (χ1n) is 19.2. The minimum atomic E-state index is -1.32. The molecule has 0 radical (unpaired) electrons. The van der Waals surface area contributed by atoms with E-state index in [0.717, 1.165) is 28.7 Å². The normalized spacial score (nSPS) is 23.5. The van der Waals surface area contributed by atoms with Crippen LogP contribution in [0.1, 0.15) is 109 Å². The molecule has 6 nitrogen and oxygen atoms in total. The largest absolute Gasteiger partial charge is 0.393 e. The molecule has 0 aliphatic heterocycles. The van der Waals surface area contributed by atoms with Gasteiger partial charge in [0.15, 0.2) is 5.78 Å². The maximum Gasteiger partial charge on any atom is 0.318 e. The molecule has 54 heavy (non-hydrogen) atoms. The van der Waals surface area contributed by atoms with Gasteiger partial charge >= 0.3 is 6.03 Å². The van der Waals surface area contributed by atoms with E-state index in [1.54, 1.807) is 11.0 Å². The summed E-state index contributed by atoms with van der Waals surface area (Å²) < 4.78 is 15.0. The van der Waals surface area contributed by atoms with Crippen LogP contribution in [0.2, 0.25) is 5.02 Å². The topological polar surface area (TPSA) is 89.9 Å². The summed E-state index contributed by atoms with van der Waals surface area (Å²) in [5.74, 6) is -1.06. The Morgan fingerprint density at radius 2 is 1.70 bits per heavy atom. The first-order chi connectivity index (χ1) is 25.9. The number of halogens is 2. The number of benzene rings is 4. The van der Waals surface area contributed by atoms with Gasteiger partial charge in [-0.05, 0) is 105 Å².